The maximum Gasteiger partial charge on any atom is 0.364 e. The number of hydrogen-bond donors (Lipinski definition) is 32. The predicted octanol–water partition coefficient (Wildman–Crippen LogP) is -20.5. The molecule has 1 unspecified atom stereocenters. The fraction of sp³-hybridized carbons (Fsp3) is 0.900. The van der Waals surface area contributed by atoms with Crippen molar-refractivity contribution in [2.24, 2.45) is 0 Å². The molecule has 0 aromatic rings. The topological polar surface area (TPSA) is 883 Å². The van der Waals surface area contributed by atoms with E-state index in [4.69, 9.17) is 80.5 Å². The Morgan fingerprint density at radius 1 is 0.341 bits per heavy atom. The average molecular weight is 1840 g/mol. The van der Waals surface area contributed by atoms with Gasteiger partial charge >= 0.3 is 11.9 Å². The van der Waals surface area contributed by atoms with Crippen molar-refractivity contribution in [2.45, 2.75) is 342 Å². The summed E-state index contributed by atoms with van der Waals surface area (Å²) in [4.78, 5) is 90.4. The van der Waals surface area contributed by atoms with E-state index in [1.54, 1.807) is 0 Å². The molecule has 9 heterocycles. The van der Waals surface area contributed by atoms with Crippen molar-refractivity contribution in [3.05, 3.63) is 0 Å². The number of carboxylic acid groups (broad SMARTS) is 2. The van der Waals surface area contributed by atoms with E-state index in [9.17, 15) is 171 Å². The Balaban J connectivity index is 0.964. The summed E-state index contributed by atoms with van der Waals surface area (Å²) in [5.41, 5.74) is 0. The Hall–Kier alpha value is -5.39. The van der Waals surface area contributed by atoms with Gasteiger partial charge in [-0.05, 0) is 6.92 Å². The van der Waals surface area contributed by atoms with Crippen molar-refractivity contribution in [3.63, 3.8) is 0 Å². The molecule has 0 saturated carbocycles. The first kappa shape index (κ1) is 104. The Bertz CT molecular complexity index is 3560. The molecule has 9 saturated heterocycles. The van der Waals surface area contributed by atoms with Gasteiger partial charge in [-0.2, -0.15) is 0 Å². The molecule has 0 aromatic carbocycles. The summed E-state index contributed by atoms with van der Waals surface area (Å²) in [5, 5.41) is 313. The molecule has 126 heavy (non-hydrogen) atoms. The molecule has 0 aliphatic carbocycles. The quantitative estimate of drug-likeness (QED) is 0.0280. The highest BCUT2D eigenvalue weighted by molar-refractivity contribution is 5.78. The van der Waals surface area contributed by atoms with Gasteiger partial charge in [0.1, 0.15) is 201 Å². The van der Waals surface area contributed by atoms with Crippen LogP contribution in [0.3, 0.4) is 0 Å². The zero-order valence-electron chi connectivity index (χ0n) is 67.9. The van der Waals surface area contributed by atoms with E-state index in [0.29, 0.717) is 0 Å². The molecular formula is C70H115N5O51. The van der Waals surface area contributed by atoms with Crippen molar-refractivity contribution < 1.29 is 252 Å². The van der Waals surface area contributed by atoms with Gasteiger partial charge in [0.2, 0.25) is 29.5 Å². The summed E-state index contributed by atoms with van der Waals surface area (Å²) in [6.07, 6.45) is -90.4. The number of carbonyl (C=O) groups is 7. The zero-order chi connectivity index (χ0) is 93.6. The average Bonchev–Trinajstić information content (AvgIpc) is 0.762. The minimum Gasteiger partial charge on any atom is -0.477 e. The molecule has 47 atom stereocenters. The van der Waals surface area contributed by atoms with Gasteiger partial charge in [0.25, 0.3) is 11.6 Å². The summed E-state index contributed by atoms with van der Waals surface area (Å²) in [7, 11) is 0. The Morgan fingerprint density at radius 2 is 0.683 bits per heavy atom. The molecule has 56 nitrogen and oxygen atoms in total. The Labute approximate surface area is 712 Å². The molecule has 9 fully saturated rings. The first-order chi connectivity index (χ1) is 59.2. The van der Waals surface area contributed by atoms with Crippen LogP contribution in [-0.2, 0) is 114 Å². The van der Waals surface area contributed by atoms with Crippen LogP contribution in [0.2, 0.25) is 0 Å². The second-order valence-electron chi connectivity index (χ2n) is 31.7. The summed E-state index contributed by atoms with van der Waals surface area (Å²) in [5.74, 6) is -15.7. The van der Waals surface area contributed by atoms with Gasteiger partial charge in [0, 0.05) is 47.5 Å². The van der Waals surface area contributed by atoms with Gasteiger partial charge in [-0.25, -0.2) is 9.59 Å². The molecule has 56 heteroatoms. The van der Waals surface area contributed by atoms with Crippen molar-refractivity contribution >= 4 is 41.5 Å². The lowest BCUT2D eigenvalue weighted by atomic mass is 9.88. The Kier molecular flexibility index (Phi) is 36.8. The number of amides is 5. The number of carbonyl (C=O) groups excluding carboxylic acids is 5. The van der Waals surface area contributed by atoms with Crippen molar-refractivity contribution in [1.29, 1.82) is 0 Å². The third-order valence-corrected chi connectivity index (χ3v) is 22.7. The van der Waals surface area contributed by atoms with Crippen LogP contribution in [0.1, 0.15) is 54.4 Å². The molecule has 32 N–H and O–H groups in total. The molecular weight excluding hydrogens is 1730 g/mol. The van der Waals surface area contributed by atoms with Crippen molar-refractivity contribution in [1.82, 2.24) is 26.6 Å². The molecule has 9 aliphatic rings. The molecule has 0 radical (unpaired) electrons. The van der Waals surface area contributed by atoms with Crippen LogP contribution in [0.4, 0.5) is 0 Å². The molecule has 0 aromatic heterocycles. The molecule has 9 aliphatic heterocycles. The van der Waals surface area contributed by atoms with Gasteiger partial charge in [0.05, 0.1) is 83.3 Å². The summed E-state index contributed by atoms with van der Waals surface area (Å²) >= 11 is 0. The van der Waals surface area contributed by atoms with Gasteiger partial charge in [-0.1, -0.05) is 0 Å². The number of rotatable bonds is 35. The SMILES string of the molecule is CC(=O)N[C@H]1[C@H](OC[C@H]2OC(O)[C@H](NC(C)=O)[C@@H](O[C@@H]3O[C@H](CO)[C@H](O)[C@H](O[C@]4(C(=O)O)C[C@H](O)[C@@H](NC(C)=O)[C@H]([C@H](O)[C@H](O)CO)O4)[C@H]3O)[C@H]2O)O[C@H](CO)[C@@H](O[C@@H]2O[C@H](CO)[C@H](O)[C@H](O[C@@H]3O[C@H](CO)[C@@H](O[C@@H]4O[C@H](CO)[C@H](O)[C@H](O[C@]5(C(=O)O)C[C@H](O)[C@@H](NC(C)=O)[C@H]([C@H](O)[C@H](O)CO)O5)[C@H]4O)[C@H](O[C@@H]4O[C@@H](C)[C@@H](O)[C@@H](O)[C@@H]4O)[C@H]3NC(C)=O)[C@H]2O)[C@@H]1O. The predicted molar refractivity (Wildman–Crippen MR) is 388 cm³/mol. The van der Waals surface area contributed by atoms with Crippen LogP contribution < -0.4 is 26.6 Å². The number of aliphatic hydroxyl groups excluding tert-OH is 25. The fourth-order valence-electron chi connectivity index (χ4n) is 16.2. The highest BCUT2D eigenvalue weighted by Crippen LogP contribution is 2.44. The minimum absolute atomic E-state index is 0.873. The number of hydrogen-bond acceptors (Lipinski definition) is 49. The largest absolute Gasteiger partial charge is 0.477 e. The first-order valence-electron chi connectivity index (χ1n) is 39.7. The number of nitrogens with one attached hydrogen (secondary N) is 5. The highest BCUT2D eigenvalue weighted by atomic mass is 16.8. The lowest BCUT2D eigenvalue weighted by Gasteiger charge is -2.52. The summed E-state index contributed by atoms with van der Waals surface area (Å²) in [6, 6.07) is -9.46. The molecule has 5 amide bonds. The zero-order valence-corrected chi connectivity index (χ0v) is 67.9. The fourth-order valence-corrected chi connectivity index (χ4v) is 16.2. The number of ether oxygens (including phenoxy) is 17. The van der Waals surface area contributed by atoms with E-state index >= 15 is 0 Å². The smallest absolute Gasteiger partial charge is 0.364 e. The van der Waals surface area contributed by atoms with Crippen LogP contribution >= 0.6 is 0 Å². The van der Waals surface area contributed by atoms with Gasteiger partial charge < -0.3 is 245 Å². The summed E-state index contributed by atoms with van der Waals surface area (Å²) < 4.78 is 100. The second kappa shape index (κ2) is 44.4. The van der Waals surface area contributed by atoms with Crippen LogP contribution in [0.25, 0.3) is 0 Å². The third kappa shape index (κ3) is 22.9. The molecule has 9 rings (SSSR count). The van der Waals surface area contributed by atoms with E-state index in [0.717, 1.165) is 34.6 Å². The number of aliphatic hydroxyl groups is 25. The van der Waals surface area contributed by atoms with Crippen LogP contribution in [0, 0.1) is 0 Å². The van der Waals surface area contributed by atoms with E-state index in [-0.39, 0.29) is 0 Å². The van der Waals surface area contributed by atoms with Crippen molar-refractivity contribution in [3.8, 4) is 0 Å². The van der Waals surface area contributed by atoms with Gasteiger partial charge in [0.15, 0.2) is 44.0 Å². The Morgan fingerprint density at radius 3 is 1.10 bits per heavy atom. The third-order valence-electron chi connectivity index (χ3n) is 22.7. The van der Waals surface area contributed by atoms with Crippen LogP contribution in [0.5, 0.6) is 0 Å². The monoisotopic (exact) mass is 1840 g/mol. The van der Waals surface area contributed by atoms with Crippen molar-refractivity contribution in [2.75, 3.05) is 52.9 Å². The highest BCUT2D eigenvalue weighted by Gasteiger charge is 2.65. The number of aliphatic carboxylic acids is 2. The lowest BCUT2D eigenvalue weighted by Crippen LogP contribution is -2.72. The van der Waals surface area contributed by atoms with E-state index < -0.39 is 394 Å². The van der Waals surface area contributed by atoms with E-state index in [2.05, 4.69) is 26.6 Å². The van der Waals surface area contributed by atoms with E-state index in [1.807, 2.05) is 0 Å². The van der Waals surface area contributed by atoms with Gasteiger partial charge in [-0.3, -0.25) is 24.0 Å². The summed E-state index contributed by atoms with van der Waals surface area (Å²) in [6.45, 7) is -3.88. The van der Waals surface area contributed by atoms with Crippen LogP contribution in [0.15, 0.2) is 0 Å². The van der Waals surface area contributed by atoms with E-state index in [1.165, 1.54) is 6.92 Å². The molecule has 726 valence electrons. The van der Waals surface area contributed by atoms with Crippen LogP contribution in [-0.4, -0.2) is 519 Å². The maximum absolute atomic E-state index is 13.5. The second-order valence-corrected chi connectivity index (χ2v) is 31.7. The minimum atomic E-state index is -3.34. The van der Waals surface area contributed by atoms with Gasteiger partial charge in [-0.15, -0.1) is 0 Å². The first-order valence-corrected chi connectivity index (χ1v) is 39.7. The molecule has 0 bridgehead atoms. The molecule has 0 spiro atoms. The lowest BCUT2D eigenvalue weighted by molar-refractivity contribution is -0.399. The maximum atomic E-state index is 13.5. The standard InChI is InChI=1S/C70H115N5O51/c1-17-38(92)46(100)47(101)63(111-17)121-56-37(75-22(6)87)62(117-31(15-82)52(56)119-65-49(103)58(42(96)28(12-79)114-65)125-69(67(106)107)7-23(88)33(71-18(2)83)54(123-69)39(93)25(90)9-76)122-57-41(95)27(11-78)113-64(48(57)102)118-51-30(14-81)116-61(35(45(51)99)73-20(4)85)110-16-32-44(98)53(36(60(105)112-32)74-21(5)86)120-66-50(104)59(43(97)29(13-80)115-66)126-70(68(108)109)8-24(89)34(72-19(3)84)55(124-70)40(94)26(91)10-77/h17,23-66,76-82,88-105H,7-16H2,1-6H3,(H,71,83)(H,72,84)(H,73,85)(H,74,86)(H,75,87)(H,106,107)(H,108,109)/t17-,23-,24-,25+,26+,27+,28+,29+,30+,31+,32+,33+,34+,35+,36+,37+,38+,39+,40+,41-,42-,43-,44-,45+,46+,47-,48+,49+,50+,51+,52+,53+,54+,55+,56+,57-,58-,59-,60?,61+,62-,63-,64-,65-,66-,69-,70-/m0/s1. The normalized spacial score (nSPS) is 45.7. The number of carboxylic acids is 2.